The molecule has 4 nitrogen and oxygen atoms in total. The first-order valence-corrected chi connectivity index (χ1v) is 7.98. The van der Waals surface area contributed by atoms with Crippen LogP contribution in [0.15, 0.2) is 53.0 Å². The Labute approximate surface area is 144 Å². The highest BCUT2D eigenvalue weighted by molar-refractivity contribution is 9.10. The largest absolute Gasteiger partial charge is 0.484 e. The second-order valence-corrected chi connectivity index (χ2v) is 6.07. The third kappa shape index (κ3) is 4.93. The summed E-state index contributed by atoms with van der Waals surface area (Å²) in [5, 5.41) is 0. The van der Waals surface area contributed by atoms with Gasteiger partial charge in [0.2, 0.25) is 0 Å². The summed E-state index contributed by atoms with van der Waals surface area (Å²) >= 11 is 3.47. The molecule has 0 radical (unpaired) electrons. The molecule has 5 heteroatoms. The van der Waals surface area contributed by atoms with Crippen LogP contribution in [0.25, 0.3) is 0 Å². The summed E-state index contributed by atoms with van der Waals surface area (Å²) in [5.41, 5.74) is 1.60. The summed E-state index contributed by atoms with van der Waals surface area (Å²) in [7, 11) is 1.73. The van der Waals surface area contributed by atoms with Gasteiger partial charge >= 0.3 is 0 Å². The number of likely N-dealkylation sites (N-methyl/N-ethyl adjacent to an activating group) is 1. The van der Waals surface area contributed by atoms with Crippen LogP contribution < -0.4 is 4.74 Å². The predicted octanol–water partition coefficient (Wildman–Crippen LogP) is 3.69. The van der Waals surface area contributed by atoms with Gasteiger partial charge in [0.25, 0.3) is 5.91 Å². The van der Waals surface area contributed by atoms with E-state index in [0.717, 1.165) is 10.0 Å². The second-order valence-electron chi connectivity index (χ2n) is 5.21. The first-order valence-electron chi connectivity index (χ1n) is 7.18. The lowest BCUT2D eigenvalue weighted by Crippen LogP contribution is -2.31. The van der Waals surface area contributed by atoms with Crippen molar-refractivity contribution in [1.29, 1.82) is 0 Å². The lowest BCUT2D eigenvalue weighted by atomic mass is 10.1. The van der Waals surface area contributed by atoms with Crippen LogP contribution in [0.5, 0.6) is 5.75 Å². The Morgan fingerprint density at radius 2 is 1.87 bits per heavy atom. The van der Waals surface area contributed by atoms with E-state index in [4.69, 9.17) is 4.74 Å². The molecular formula is C18H18BrNO3. The highest BCUT2D eigenvalue weighted by Gasteiger charge is 2.12. The van der Waals surface area contributed by atoms with Crippen molar-refractivity contribution < 1.29 is 14.3 Å². The number of halogens is 1. The monoisotopic (exact) mass is 375 g/mol. The Balaban J connectivity index is 1.93. The van der Waals surface area contributed by atoms with Gasteiger partial charge in [-0.15, -0.1) is 0 Å². The first-order chi connectivity index (χ1) is 11.0. The van der Waals surface area contributed by atoms with Crippen molar-refractivity contribution >= 4 is 27.6 Å². The van der Waals surface area contributed by atoms with Gasteiger partial charge in [0, 0.05) is 23.6 Å². The third-order valence-corrected chi connectivity index (χ3v) is 4.17. The lowest BCUT2D eigenvalue weighted by Gasteiger charge is -2.18. The SMILES string of the molecule is CC(=O)c1cccc(OCC(=O)N(C)Cc2ccccc2Br)c1. The van der Waals surface area contributed by atoms with Crippen LogP contribution in [-0.4, -0.2) is 30.2 Å². The minimum atomic E-state index is -0.131. The first kappa shape index (κ1) is 17.2. The molecule has 0 fully saturated rings. The molecule has 0 spiro atoms. The summed E-state index contributed by atoms with van der Waals surface area (Å²) < 4.78 is 6.46. The topological polar surface area (TPSA) is 46.6 Å². The maximum atomic E-state index is 12.2. The molecule has 0 atom stereocenters. The maximum absolute atomic E-state index is 12.2. The number of rotatable bonds is 6. The molecule has 0 unspecified atom stereocenters. The normalized spacial score (nSPS) is 10.2. The van der Waals surface area contributed by atoms with Crippen molar-refractivity contribution in [3.05, 3.63) is 64.1 Å². The van der Waals surface area contributed by atoms with Gasteiger partial charge in [0.05, 0.1) is 0 Å². The number of hydrogen-bond donors (Lipinski definition) is 0. The van der Waals surface area contributed by atoms with Gasteiger partial charge in [-0.2, -0.15) is 0 Å². The molecule has 1 amide bonds. The van der Waals surface area contributed by atoms with Crippen molar-refractivity contribution in [2.24, 2.45) is 0 Å². The van der Waals surface area contributed by atoms with Crippen LogP contribution >= 0.6 is 15.9 Å². The lowest BCUT2D eigenvalue weighted by molar-refractivity contribution is -0.132. The number of carbonyl (C=O) groups is 2. The molecule has 0 N–H and O–H groups in total. The zero-order chi connectivity index (χ0) is 16.8. The summed E-state index contributed by atoms with van der Waals surface area (Å²) in [6, 6.07) is 14.6. The van der Waals surface area contributed by atoms with Crippen molar-refractivity contribution in [1.82, 2.24) is 4.90 Å². The standard InChI is InChI=1S/C18H18BrNO3/c1-13(21)14-7-5-8-16(10-14)23-12-18(22)20(2)11-15-6-3-4-9-17(15)19/h3-10H,11-12H2,1-2H3. The molecule has 0 aliphatic rings. The molecule has 2 aromatic rings. The van der Waals surface area contributed by atoms with Crippen LogP contribution in [0.2, 0.25) is 0 Å². The van der Waals surface area contributed by atoms with Crippen LogP contribution in [-0.2, 0) is 11.3 Å². The van der Waals surface area contributed by atoms with Crippen molar-refractivity contribution in [2.75, 3.05) is 13.7 Å². The zero-order valence-electron chi connectivity index (χ0n) is 13.1. The Morgan fingerprint density at radius 3 is 2.57 bits per heavy atom. The van der Waals surface area contributed by atoms with Gasteiger partial charge in [-0.1, -0.05) is 46.3 Å². The van der Waals surface area contributed by atoms with E-state index in [-0.39, 0.29) is 18.3 Å². The summed E-state index contributed by atoms with van der Waals surface area (Å²) in [6.07, 6.45) is 0. The fourth-order valence-electron chi connectivity index (χ4n) is 2.03. The van der Waals surface area contributed by atoms with E-state index in [1.165, 1.54) is 6.92 Å². The van der Waals surface area contributed by atoms with Crippen LogP contribution in [0.3, 0.4) is 0 Å². The highest BCUT2D eigenvalue weighted by atomic mass is 79.9. The molecule has 0 bridgehead atoms. The number of amides is 1. The molecule has 23 heavy (non-hydrogen) atoms. The molecule has 0 aliphatic carbocycles. The van der Waals surface area contributed by atoms with Crippen molar-refractivity contribution in [3.63, 3.8) is 0 Å². The Morgan fingerprint density at radius 1 is 1.13 bits per heavy atom. The molecule has 0 saturated heterocycles. The fraction of sp³-hybridized carbons (Fsp3) is 0.222. The zero-order valence-corrected chi connectivity index (χ0v) is 14.7. The predicted molar refractivity (Wildman–Crippen MR) is 92.6 cm³/mol. The number of ketones is 1. The summed E-state index contributed by atoms with van der Waals surface area (Å²) in [5.74, 6) is 0.349. The van der Waals surface area contributed by atoms with Gasteiger partial charge < -0.3 is 9.64 Å². The van der Waals surface area contributed by atoms with Crippen molar-refractivity contribution in [3.8, 4) is 5.75 Å². The molecule has 120 valence electrons. The van der Waals surface area contributed by atoms with Crippen LogP contribution in [0.4, 0.5) is 0 Å². The van der Waals surface area contributed by atoms with E-state index >= 15 is 0 Å². The Kier molecular flexibility index (Phi) is 5.93. The van der Waals surface area contributed by atoms with E-state index < -0.39 is 0 Å². The Bertz CT molecular complexity index is 715. The molecular weight excluding hydrogens is 358 g/mol. The van der Waals surface area contributed by atoms with E-state index in [1.54, 1.807) is 36.2 Å². The number of ether oxygens (including phenoxy) is 1. The number of Topliss-reactive ketones (excluding diaryl/α,β-unsaturated/α-hetero) is 1. The number of carbonyl (C=O) groups excluding carboxylic acids is 2. The Hall–Kier alpha value is -2.14. The van der Waals surface area contributed by atoms with Gasteiger partial charge in [-0.25, -0.2) is 0 Å². The summed E-state index contributed by atoms with van der Waals surface area (Å²) in [4.78, 5) is 25.1. The van der Waals surface area contributed by atoms with Crippen molar-refractivity contribution in [2.45, 2.75) is 13.5 Å². The minimum absolute atomic E-state index is 0.0344. The van der Waals surface area contributed by atoms with Crippen LogP contribution in [0.1, 0.15) is 22.8 Å². The molecule has 0 aromatic heterocycles. The third-order valence-electron chi connectivity index (χ3n) is 3.39. The number of benzene rings is 2. The average Bonchev–Trinajstić information content (AvgIpc) is 2.55. The van der Waals surface area contributed by atoms with E-state index in [2.05, 4.69) is 15.9 Å². The number of hydrogen-bond acceptors (Lipinski definition) is 3. The molecule has 0 aliphatic heterocycles. The minimum Gasteiger partial charge on any atom is -0.484 e. The van der Waals surface area contributed by atoms with Gasteiger partial charge in [0.1, 0.15) is 5.75 Å². The van der Waals surface area contributed by atoms with E-state index in [0.29, 0.717) is 17.9 Å². The molecule has 2 rings (SSSR count). The molecule has 2 aromatic carbocycles. The van der Waals surface area contributed by atoms with Gasteiger partial charge in [-0.05, 0) is 30.7 Å². The van der Waals surface area contributed by atoms with Gasteiger partial charge in [0.15, 0.2) is 12.4 Å². The fourth-order valence-corrected chi connectivity index (χ4v) is 2.44. The molecule has 0 heterocycles. The maximum Gasteiger partial charge on any atom is 0.260 e. The average molecular weight is 376 g/mol. The van der Waals surface area contributed by atoms with E-state index in [9.17, 15) is 9.59 Å². The van der Waals surface area contributed by atoms with E-state index in [1.807, 2.05) is 24.3 Å². The summed E-state index contributed by atoms with van der Waals surface area (Å²) in [6.45, 7) is 1.93. The highest BCUT2D eigenvalue weighted by Crippen LogP contribution is 2.18. The van der Waals surface area contributed by atoms with Crippen LogP contribution in [0, 0.1) is 0 Å². The number of nitrogens with zero attached hydrogens (tertiary/aromatic N) is 1. The molecule has 0 saturated carbocycles. The quantitative estimate of drug-likeness (QED) is 0.723. The van der Waals surface area contributed by atoms with Gasteiger partial charge in [-0.3, -0.25) is 9.59 Å². The second kappa shape index (κ2) is 7.92. The smallest absolute Gasteiger partial charge is 0.260 e.